The molecular weight excluding hydrogens is 258 g/mol. The van der Waals surface area contributed by atoms with Gasteiger partial charge in [0.2, 0.25) is 0 Å². The monoisotopic (exact) mass is 274 g/mol. The Morgan fingerprint density at radius 2 is 1.65 bits per heavy atom. The second kappa shape index (κ2) is 5.31. The standard InChI is InChI=1S/C16H16F2N2/c17-13-7-4-8-14(18)15(13)16(20-19)12-9-11(12)10-5-2-1-3-6-10/h1-8,11-12,16,20H,9,19H2. The molecule has 2 aromatic rings. The summed E-state index contributed by atoms with van der Waals surface area (Å²) in [5, 5.41) is 0. The Balaban J connectivity index is 1.86. The molecule has 1 aliphatic carbocycles. The molecule has 0 aliphatic heterocycles. The molecule has 4 heteroatoms. The maximum Gasteiger partial charge on any atom is 0.130 e. The fourth-order valence-corrected chi connectivity index (χ4v) is 2.90. The number of hydrogen-bond donors (Lipinski definition) is 2. The Bertz CT molecular complexity index is 580. The fraction of sp³-hybridized carbons (Fsp3) is 0.250. The maximum atomic E-state index is 13.9. The van der Waals surface area contributed by atoms with Gasteiger partial charge in [-0.3, -0.25) is 11.3 Å². The Kier molecular flexibility index (Phi) is 3.51. The van der Waals surface area contributed by atoms with E-state index >= 15 is 0 Å². The van der Waals surface area contributed by atoms with Crippen molar-refractivity contribution in [3.05, 3.63) is 71.3 Å². The molecule has 3 rings (SSSR count). The Morgan fingerprint density at radius 1 is 1.00 bits per heavy atom. The van der Waals surface area contributed by atoms with E-state index in [-0.39, 0.29) is 11.5 Å². The van der Waals surface area contributed by atoms with Crippen molar-refractivity contribution in [1.29, 1.82) is 0 Å². The molecule has 0 amide bonds. The molecule has 0 aromatic heterocycles. The number of halogens is 2. The SMILES string of the molecule is NNC(c1c(F)cccc1F)C1CC1c1ccccc1. The van der Waals surface area contributed by atoms with Crippen molar-refractivity contribution in [3.63, 3.8) is 0 Å². The van der Waals surface area contributed by atoms with Crippen molar-refractivity contribution < 1.29 is 8.78 Å². The van der Waals surface area contributed by atoms with E-state index in [1.54, 1.807) is 0 Å². The summed E-state index contributed by atoms with van der Waals surface area (Å²) in [5.74, 6) is 4.86. The summed E-state index contributed by atoms with van der Waals surface area (Å²) in [5.41, 5.74) is 3.81. The molecule has 3 N–H and O–H groups in total. The first-order chi connectivity index (χ1) is 9.72. The van der Waals surface area contributed by atoms with Crippen LogP contribution in [0.1, 0.15) is 29.5 Å². The third-order valence-electron chi connectivity index (χ3n) is 3.99. The van der Waals surface area contributed by atoms with Crippen molar-refractivity contribution >= 4 is 0 Å². The second-order valence-corrected chi connectivity index (χ2v) is 5.20. The number of hydrogen-bond acceptors (Lipinski definition) is 2. The van der Waals surface area contributed by atoms with Gasteiger partial charge in [-0.2, -0.15) is 0 Å². The number of nitrogens with two attached hydrogens (primary N) is 1. The Hall–Kier alpha value is -1.78. The lowest BCUT2D eigenvalue weighted by Crippen LogP contribution is -2.31. The largest absolute Gasteiger partial charge is 0.271 e. The van der Waals surface area contributed by atoms with Gasteiger partial charge in [-0.05, 0) is 36.0 Å². The van der Waals surface area contributed by atoms with Gasteiger partial charge in [0, 0.05) is 5.56 Å². The van der Waals surface area contributed by atoms with Crippen LogP contribution in [0, 0.1) is 17.6 Å². The molecule has 0 bridgehead atoms. The Labute approximate surface area is 116 Å². The third kappa shape index (κ3) is 2.32. The molecule has 1 fully saturated rings. The van der Waals surface area contributed by atoms with Crippen LogP contribution in [0.15, 0.2) is 48.5 Å². The molecular formula is C16H16F2N2. The van der Waals surface area contributed by atoms with Crippen molar-refractivity contribution in [1.82, 2.24) is 5.43 Å². The third-order valence-corrected chi connectivity index (χ3v) is 3.99. The fourth-order valence-electron chi connectivity index (χ4n) is 2.90. The minimum Gasteiger partial charge on any atom is -0.271 e. The number of nitrogens with one attached hydrogen (secondary N) is 1. The molecule has 1 aliphatic rings. The highest BCUT2D eigenvalue weighted by molar-refractivity contribution is 5.31. The van der Waals surface area contributed by atoms with E-state index in [2.05, 4.69) is 5.43 Å². The highest BCUT2D eigenvalue weighted by Gasteiger charge is 2.45. The maximum absolute atomic E-state index is 13.9. The van der Waals surface area contributed by atoms with Crippen LogP contribution in [-0.2, 0) is 0 Å². The van der Waals surface area contributed by atoms with Crippen LogP contribution in [0.2, 0.25) is 0 Å². The Morgan fingerprint density at radius 3 is 2.25 bits per heavy atom. The summed E-state index contributed by atoms with van der Waals surface area (Å²) >= 11 is 0. The zero-order valence-electron chi connectivity index (χ0n) is 10.9. The molecule has 2 nitrogen and oxygen atoms in total. The van der Waals surface area contributed by atoms with Gasteiger partial charge in [-0.15, -0.1) is 0 Å². The van der Waals surface area contributed by atoms with E-state index in [0.29, 0.717) is 5.92 Å². The van der Waals surface area contributed by atoms with E-state index in [1.165, 1.54) is 23.8 Å². The molecule has 3 atom stereocenters. The number of rotatable bonds is 4. The molecule has 0 saturated heterocycles. The molecule has 0 spiro atoms. The molecule has 1 saturated carbocycles. The first-order valence-electron chi connectivity index (χ1n) is 6.67. The van der Waals surface area contributed by atoms with E-state index in [0.717, 1.165) is 6.42 Å². The van der Waals surface area contributed by atoms with Crippen LogP contribution in [0.5, 0.6) is 0 Å². The molecule has 104 valence electrons. The van der Waals surface area contributed by atoms with Crippen molar-refractivity contribution in [3.8, 4) is 0 Å². The predicted octanol–water partition coefficient (Wildman–Crippen LogP) is 3.27. The highest BCUT2D eigenvalue weighted by Crippen LogP contribution is 2.54. The van der Waals surface area contributed by atoms with Gasteiger partial charge in [-0.1, -0.05) is 36.4 Å². The molecule has 0 heterocycles. The lowest BCUT2D eigenvalue weighted by molar-refractivity contribution is 0.434. The minimum atomic E-state index is -0.549. The molecule has 3 unspecified atom stereocenters. The van der Waals surface area contributed by atoms with Crippen LogP contribution in [0.25, 0.3) is 0 Å². The van der Waals surface area contributed by atoms with Crippen LogP contribution in [0.4, 0.5) is 8.78 Å². The zero-order chi connectivity index (χ0) is 14.1. The van der Waals surface area contributed by atoms with Crippen LogP contribution < -0.4 is 11.3 Å². The van der Waals surface area contributed by atoms with Crippen molar-refractivity contribution in [2.75, 3.05) is 0 Å². The van der Waals surface area contributed by atoms with Crippen LogP contribution in [-0.4, -0.2) is 0 Å². The van der Waals surface area contributed by atoms with Gasteiger partial charge in [-0.25, -0.2) is 8.78 Å². The minimum absolute atomic E-state index is 0.0402. The van der Waals surface area contributed by atoms with Gasteiger partial charge in [0.15, 0.2) is 0 Å². The lowest BCUT2D eigenvalue weighted by atomic mass is 9.98. The summed E-state index contributed by atoms with van der Waals surface area (Å²) in [4.78, 5) is 0. The first kappa shape index (κ1) is 13.2. The quantitative estimate of drug-likeness (QED) is 0.663. The second-order valence-electron chi connectivity index (χ2n) is 5.20. The predicted molar refractivity (Wildman–Crippen MR) is 73.7 cm³/mol. The van der Waals surface area contributed by atoms with E-state index in [1.807, 2.05) is 30.3 Å². The van der Waals surface area contributed by atoms with Gasteiger partial charge >= 0.3 is 0 Å². The van der Waals surface area contributed by atoms with Gasteiger partial charge in [0.1, 0.15) is 11.6 Å². The first-order valence-corrected chi connectivity index (χ1v) is 6.67. The normalized spacial score (nSPS) is 22.6. The smallest absolute Gasteiger partial charge is 0.130 e. The zero-order valence-corrected chi connectivity index (χ0v) is 10.9. The van der Waals surface area contributed by atoms with Gasteiger partial charge in [0.05, 0.1) is 6.04 Å². The average molecular weight is 274 g/mol. The summed E-state index contributed by atoms with van der Waals surface area (Å²) in [7, 11) is 0. The van der Waals surface area contributed by atoms with Crippen molar-refractivity contribution in [2.45, 2.75) is 18.4 Å². The topological polar surface area (TPSA) is 38.0 Å². The highest BCUT2D eigenvalue weighted by atomic mass is 19.1. The molecule has 0 radical (unpaired) electrons. The summed E-state index contributed by atoms with van der Waals surface area (Å²) in [6.45, 7) is 0. The van der Waals surface area contributed by atoms with E-state index in [4.69, 9.17) is 5.84 Å². The van der Waals surface area contributed by atoms with Crippen LogP contribution >= 0.6 is 0 Å². The van der Waals surface area contributed by atoms with E-state index < -0.39 is 17.7 Å². The summed E-state index contributed by atoms with van der Waals surface area (Å²) in [6.07, 6.45) is 0.882. The molecule has 20 heavy (non-hydrogen) atoms. The average Bonchev–Trinajstić information content (AvgIpc) is 3.24. The number of hydrazine groups is 1. The number of benzene rings is 2. The van der Waals surface area contributed by atoms with E-state index in [9.17, 15) is 8.78 Å². The van der Waals surface area contributed by atoms with Crippen LogP contribution in [0.3, 0.4) is 0 Å². The lowest BCUT2D eigenvalue weighted by Gasteiger charge is -2.18. The van der Waals surface area contributed by atoms with Gasteiger partial charge in [0.25, 0.3) is 0 Å². The molecule has 2 aromatic carbocycles. The summed E-state index contributed by atoms with van der Waals surface area (Å²) in [6, 6.07) is 13.4. The van der Waals surface area contributed by atoms with Crippen molar-refractivity contribution in [2.24, 2.45) is 11.8 Å². The van der Waals surface area contributed by atoms with Gasteiger partial charge < -0.3 is 0 Å². The summed E-state index contributed by atoms with van der Waals surface area (Å²) < 4.78 is 27.7.